The molecule has 4 heteroatoms. The number of ether oxygens (including phenoxy) is 1. The average molecular weight is 210 g/mol. The van der Waals surface area contributed by atoms with Crippen molar-refractivity contribution in [3.63, 3.8) is 0 Å². The van der Waals surface area contributed by atoms with E-state index < -0.39 is 0 Å². The summed E-state index contributed by atoms with van der Waals surface area (Å²) < 4.78 is 5.50. The van der Waals surface area contributed by atoms with Crippen molar-refractivity contribution in [1.82, 2.24) is 4.98 Å². The van der Waals surface area contributed by atoms with Crippen molar-refractivity contribution in [2.45, 2.75) is 25.8 Å². The van der Waals surface area contributed by atoms with Crippen LogP contribution in [-0.2, 0) is 4.74 Å². The van der Waals surface area contributed by atoms with E-state index in [4.69, 9.17) is 10.5 Å². The number of allylic oxidation sites excluding steroid dienone is 1. The molecule has 0 radical (unpaired) electrons. The van der Waals surface area contributed by atoms with Crippen LogP contribution in [0, 0.1) is 6.92 Å². The maximum Gasteiger partial charge on any atom is 0.115 e. The molecule has 1 atom stereocenters. The summed E-state index contributed by atoms with van der Waals surface area (Å²) in [5.74, 6) is 0.876. The number of rotatable bonds is 2. The Labute approximate surface area is 87.6 Å². The molecule has 1 aliphatic rings. The molecule has 1 aromatic heterocycles. The van der Waals surface area contributed by atoms with Gasteiger partial charge < -0.3 is 10.5 Å². The molecule has 0 fully saturated rings. The highest BCUT2D eigenvalue weighted by Gasteiger charge is 2.17. The predicted molar refractivity (Wildman–Crippen MR) is 57.0 cm³/mol. The van der Waals surface area contributed by atoms with Gasteiger partial charge in [-0.1, -0.05) is 0 Å². The first-order valence-electron chi connectivity index (χ1n) is 4.78. The van der Waals surface area contributed by atoms with Gasteiger partial charge in [0.1, 0.15) is 11.8 Å². The molecular formula is C10H14N2OS. The molecule has 0 aliphatic carbocycles. The number of nitrogens with two attached hydrogens (primary N) is 1. The Morgan fingerprint density at radius 3 is 3.07 bits per heavy atom. The van der Waals surface area contributed by atoms with E-state index in [1.54, 1.807) is 11.3 Å². The largest absolute Gasteiger partial charge is 0.496 e. The molecular weight excluding hydrogens is 196 g/mol. The maximum atomic E-state index is 6.03. The Kier molecular flexibility index (Phi) is 2.84. The van der Waals surface area contributed by atoms with Crippen LogP contribution >= 0.6 is 11.3 Å². The molecule has 0 saturated carbocycles. The van der Waals surface area contributed by atoms with Gasteiger partial charge in [0.2, 0.25) is 0 Å². The van der Waals surface area contributed by atoms with Gasteiger partial charge in [-0.05, 0) is 25.8 Å². The van der Waals surface area contributed by atoms with Crippen molar-refractivity contribution in [2.24, 2.45) is 5.73 Å². The highest BCUT2D eigenvalue weighted by Crippen LogP contribution is 2.24. The van der Waals surface area contributed by atoms with Crippen LogP contribution in [0.5, 0.6) is 0 Å². The minimum Gasteiger partial charge on any atom is -0.496 e. The van der Waals surface area contributed by atoms with Crippen molar-refractivity contribution < 1.29 is 4.74 Å². The van der Waals surface area contributed by atoms with Gasteiger partial charge in [-0.15, -0.1) is 11.3 Å². The number of hydrogen-bond acceptors (Lipinski definition) is 4. The molecule has 2 N–H and O–H groups in total. The summed E-state index contributed by atoms with van der Waals surface area (Å²) >= 11 is 1.62. The predicted octanol–water partition coefficient (Wildman–Crippen LogP) is 2.15. The number of hydrogen-bond donors (Lipinski definition) is 1. The monoisotopic (exact) mass is 210 g/mol. The van der Waals surface area contributed by atoms with Crippen LogP contribution in [0.15, 0.2) is 17.2 Å². The molecule has 76 valence electrons. The highest BCUT2D eigenvalue weighted by atomic mass is 32.1. The van der Waals surface area contributed by atoms with E-state index in [1.165, 1.54) is 0 Å². The molecule has 0 amide bonds. The minimum atomic E-state index is -0.180. The Balaban J connectivity index is 2.14. The van der Waals surface area contributed by atoms with Gasteiger partial charge >= 0.3 is 0 Å². The summed E-state index contributed by atoms with van der Waals surface area (Å²) in [6.07, 6.45) is 4.22. The molecule has 0 saturated heterocycles. The molecule has 14 heavy (non-hydrogen) atoms. The van der Waals surface area contributed by atoms with E-state index in [1.807, 2.05) is 12.3 Å². The van der Waals surface area contributed by atoms with Crippen LogP contribution in [0.3, 0.4) is 0 Å². The van der Waals surface area contributed by atoms with E-state index >= 15 is 0 Å². The topological polar surface area (TPSA) is 48.1 Å². The molecule has 2 rings (SSSR count). The zero-order chi connectivity index (χ0) is 9.97. The average Bonchev–Trinajstić information content (AvgIpc) is 2.65. The van der Waals surface area contributed by atoms with Crippen LogP contribution in [0.25, 0.3) is 0 Å². The zero-order valence-corrected chi connectivity index (χ0v) is 9.01. The first-order valence-corrected chi connectivity index (χ1v) is 5.66. The minimum absolute atomic E-state index is 0.180. The normalized spacial score (nSPS) is 18.6. The van der Waals surface area contributed by atoms with Gasteiger partial charge in [-0.2, -0.15) is 0 Å². The summed E-state index contributed by atoms with van der Waals surface area (Å²) in [7, 11) is 0. The summed E-state index contributed by atoms with van der Waals surface area (Å²) in [6, 6.07) is -0.180. The SMILES string of the molecule is Cc1nc(C(N)C2=CCCCO2)cs1. The molecule has 1 aromatic rings. The Hall–Kier alpha value is -0.870. The van der Waals surface area contributed by atoms with Gasteiger partial charge in [0.05, 0.1) is 17.3 Å². The van der Waals surface area contributed by atoms with Crippen molar-refractivity contribution >= 4 is 11.3 Å². The standard InChI is InChI=1S/C10H14N2OS/c1-7-12-8(6-14-7)10(11)9-4-2-3-5-13-9/h4,6,10H,2-3,5,11H2,1H3. The first kappa shape index (κ1) is 9.68. The van der Waals surface area contributed by atoms with Crippen LogP contribution in [0.1, 0.15) is 29.6 Å². The second-order valence-electron chi connectivity index (χ2n) is 3.37. The van der Waals surface area contributed by atoms with Crippen molar-refractivity contribution in [3.05, 3.63) is 27.9 Å². The number of aromatic nitrogens is 1. The van der Waals surface area contributed by atoms with E-state index in [0.29, 0.717) is 0 Å². The third-order valence-corrected chi connectivity index (χ3v) is 3.02. The fourth-order valence-corrected chi connectivity index (χ4v) is 2.11. The van der Waals surface area contributed by atoms with Gasteiger partial charge in [-0.25, -0.2) is 4.98 Å². The van der Waals surface area contributed by atoms with Gasteiger partial charge in [0, 0.05) is 5.38 Å². The summed E-state index contributed by atoms with van der Waals surface area (Å²) in [4.78, 5) is 4.36. The number of nitrogens with zero attached hydrogens (tertiary/aromatic N) is 1. The smallest absolute Gasteiger partial charge is 0.115 e. The molecule has 2 heterocycles. The third-order valence-electron chi connectivity index (χ3n) is 2.22. The Bertz CT molecular complexity index is 346. The quantitative estimate of drug-likeness (QED) is 0.813. The maximum absolute atomic E-state index is 6.03. The fraction of sp³-hybridized carbons (Fsp3) is 0.500. The second kappa shape index (κ2) is 4.11. The Morgan fingerprint density at radius 2 is 2.50 bits per heavy atom. The lowest BCUT2D eigenvalue weighted by atomic mass is 10.1. The van der Waals surface area contributed by atoms with Crippen molar-refractivity contribution in [3.8, 4) is 0 Å². The van der Waals surface area contributed by atoms with E-state index in [0.717, 1.165) is 35.9 Å². The zero-order valence-electron chi connectivity index (χ0n) is 8.19. The molecule has 0 spiro atoms. The molecule has 1 aliphatic heterocycles. The second-order valence-corrected chi connectivity index (χ2v) is 4.43. The summed E-state index contributed by atoms with van der Waals surface area (Å²) in [5.41, 5.74) is 6.95. The molecule has 1 unspecified atom stereocenters. The van der Waals surface area contributed by atoms with Crippen molar-refractivity contribution in [1.29, 1.82) is 0 Å². The molecule has 0 bridgehead atoms. The highest BCUT2D eigenvalue weighted by molar-refractivity contribution is 7.09. The van der Waals surface area contributed by atoms with Crippen LogP contribution < -0.4 is 5.73 Å². The van der Waals surface area contributed by atoms with Crippen molar-refractivity contribution in [2.75, 3.05) is 6.61 Å². The number of thiazole rings is 1. The van der Waals surface area contributed by atoms with Gasteiger partial charge in [0.15, 0.2) is 0 Å². The number of aryl methyl sites for hydroxylation is 1. The van der Waals surface area contributed by atoms with Gasteiger partial charge in [0.25, 0.3) is 0 Å². The van der Waals surface area contributed by atoms with E-state index in [-0.39, 0.29) is 6.04 Å². The lowest BCUT2D eigenvalue weighted by Gasteiger charge is -2.19. The van der Waals surface area contributed by atoms with E-state index in [9.17, 15) is 0 Å². The Morgan fingerprint density at radius 1 is 1.64 bits per heavy atom. The summed E-state index contributed by atoms with van der Waals surface area (Å²) in [5, 5.41) is 3.05. The fourth-order valence-electron chi connectivity index (χ4n) is 1.46. The summed E-state index contributed by atoms with van der Waals surface area (Å²) in [6.45, 7) is 2.76. The van der Waals surface area contributed by atoms with Crippen LogP contribution in [0.4, 0.5) is 0 Å². The van der Waals surface area contributed by atoms with E-state index in [2.05, 4.69) is 11.1 Å². The molecule has 0 aromatic carbocycles. The lowest BCUT2D eigenvalue weighted by molar-refractivity contribution is 0.175. The van der Waals surface area contributed by atoms with Crippen LogP contribution in [0.2, 0.25) is 0 Å². The van der Waals surface area contributed by atoms with Gasteiger partial charge in [-0.3, -0.25) is 0 Å². The molecule has 3 nitrogen and oxygen atoms in total. The van der Waals surface area contributed by atoms with Crippen LogP contribution in [-0.4, -0.2) is 11.6 Å². The first-order chi connectivity index (χ1) is 6.77. The lowest BCUT2D eigenvalue weighted by Crippen LogP contribution is -2.18. The third kappa shape index (κ3) is 1.96.